The van der Waals surface area contributed by atoms with Gasteiger partial charge in [-0.2, -0.15) is 0 Å². The lowest BCUT2D eigenvalue weighted by atomic mass is 10.1. The van der Waals surface area contributed by atoms with Gasteiger partial charge in [0, 0.05) is 11.6 Å². The maximum atomic E-state index is 11.9. The molecule has 0 aliphatic rings. The normalized spacial score (nSPS) is 12.9. The second-order valence-corrected chi connectivity index (χ2v) is 3.03. The van der Waals surface area contributed by atoms with Gasteiger partial charge in [-0.15, -0.1) is 0 Å². The number of hydrogen-bond acceptors (Lipinski definition) is 2. The summed E-state index contributed by atoms with van der Waals surface area (Å²) in [5, 5.41) is 0. The molecule has 1 atom stereocenters. The predicted molar refractivity (Wildman–Crippen MR) is 50.5 cm³/mol. The Morgan fingerprint density at radius 2 is 2.00 bits per heavy atom. The van der Waals surface area contributed by atoms with E-state index < -0.39 is 13.0 Å². The lowest BCUT2D eigenvalue weighted by molar-refractivity contribution is 0.0812. The van der Waals surface area contributed by atoms with E-state index >= 15 is 0 Å². The number of hydrogen-bond donors (Lipinski definition) is 1. The lowest BCUT2D eigenvalue weighted by Crippen LogP contribution is -2.11. The van der Waals surface area contributed by atoms with Crippen LogP contribution in [-0.4, -0.2) is 13.0 Å². The summed E-state index contributed by atoms with van der Waals surface area (Å²) in [6.45, 7) is 1.19. The molecule has 0 aromatic heterocycles. The Hall–Kier alpha value is -1.16. The fourth-order valence-corrected chi connectivity index (χ4v) is 1.14. The molecule has 0 amide bonds. The van der Waals surface area contributed by atoms with E-state index in [4.69, 9.17) is 10.5 Å². The molecule has 0 aliphatic heterocycles. The largest absolute Gasteiger partial charge is 0.487 e. The summed E-state index contributed by atoms with van der Waals surface area (Å²) >= 11 is 0. The molecule has 0 saturated heterocycles. The first-order chi connectivity index (χ1) is 6.61. The van der Waals surface area contributed by atoms with Gasteiger partial charge in [0.25, 0.3) is 6.43 Å². The first kappa shape index (κ1) is 10.9. The van der Waals surface area contributed by atoms with Crippen molar-refractivity contribution in [2.24, 2.45) is 5.73 Å². The molecule has 1 aromatic rings. The summed E-state index contributed by atoms with van der Waals surface area (Å²) in [6, 6.07) is 6.72. The molecule has 0 bridgehead atoms. The summed E-state index contributed by atoms with van der Waals surface area (Å²) in [4.78, 5) is 0. The van der Waals surface area contributed by atoms with Crippen molar-refractivity contribution in [1.29, 1.82) is 0 Å². The van der Waals surface area contributed by atoms with Gasteiger partial charge >= 0.3 is 0 Å². The van der Waals surface area contributed by atoms with Crippen molar-refractivity contribution in [2.45, 2.75) is 19.4 Å². The van der Waals surface area contributed by atoms with Crippen LogP contribution in [0, 0.1) is 0 Å². The van der Waals surface area contributed by atoms with Gasteiger partial charge in [0.15, 0.2) is 0 Å². The van der Waals surface area contributed by atoms with Crippen LogP contribution in [0.3, 0.4) is 0 Å². The van der Waals surface area contributed by atoms with Crippen LogP contribution in [0.1, 0.15) is 18.5 Å². The summed E-state index contributed by atoms with van der Waals surface area (Å²) in [5.41, 5.74) is 6.40. The molecule has 0 aliphatic carbocycles. The van der Waals surface area contributed by atoms with Crippen LogP contribution in [0.5, 0.6) is 5.75 Å². The highest BCUT2D eigenvalue weighted by Gasteiger charge is 2.09. The second kappa shape index (κ2) is 4.91. The molecule has 0 spiro atoms. The quantitative estimate of drug-likeness (QED) is 0.811. The molecule has 1 unspecified atom stereocenters. The Morgan fingerprint density at radius 3 is 2.57 bits per heavy atom. The van der Waals surface area contributed by atoms with E-state index in [0.29, 0.717) is 5.75 Å². The fourth-order valence-electron chi connectivity index (χ4n) is 1.14. The Morgan fingerprint density at radius 1 is 1.36 bits per heavy atom. The van der Waals surface area contributed by atoms with E-state index in [1.807, 2.05) is 0 Å². The molecule has 78 valence electrons. The van der Waals surface area contributed by atoms with Gasteiger partial charge in [-0.1, -0.05) is 18.2 Å². The minimum atomic E-state index is -2.46. The first-order valence-electron chi connectivity index (χ1n) is 4.36. The van der Waals surface area contributed by atoms with Crippen molar-refractivity contribution in [2.75, 3.05) is 6.61 Å². The van der Waals surface area contributed by atoms with Crippen LogP contribution in [0.4, 0.5) is 8.78 Å². The highest BCUT2D eigenvalue weighted by molar-refractivity contribution is 5.35. The van der Waals surface area contributed by atoms with Gasteiger partial charge in [0.05, 0.1) is 0 Å². The van der Waals surface area contributed by atoms with Crippen molar-refractivity contribution >= 4 is 0 Å². The van der Waals surface area contributed by atoms with E-state index in [1.165, 1.54) is 0 Å². The van der Waals surface area contributed by atoms with Crippen LogP contribution in [0.15, 0.2) is 24.3 Å². The third-order valence-electron chi connectivity index (χ3n) is 1.77. The standard InChI is InChI=1S/C10H13F2NO/c1-7(13)8-4-2-3-5-9(8)14-6-10(11)12/h2-5,7,10H,6,13H2,1H3. The zero-order valence-corrected chi connectivity index (χ0v) is 7.91. The third kappa shape index (κ3) is 2.96. The van der Waals surface area contributed by atoms with Crippen LogP contribution >= 0.6 is 0 Å². The number of ether oxygens (including phenoxy) is 1. The minimum Gasteiger partial charge on any atom is -0.487 e. The number of para-hydroxylation sites is 1. The third-order valence-corrected chi connectivity index (χ3v) is 1.77. The summed E-state index contributed by atoms with van der Waals surface area (Å²) in [7, 11) is 0. The fraction of sp³-hybridized carbons (Fsp3) is 0.400. The van der Waals surface area contributed by atoms with Crippen LogP contribution in [0.25, 0.3) is 0 Å². The van der Waals surface area contributed by atoms with E-state index in [-0.39, 0.29) is 6.04 Å². The number of nitrogens with two attached hydrogens (primary N) is 1. The molecule has 2 N–H and O–H groups in total. The molecule has 0 fully saturated rings. The van der Waals surface area contributed by atoms with E-state index in [1.54, 1.807) is 31.2 Å². The molecule has 1 rings (SSSR count). The van der Waals surface area contributed by atoms with E-state index in [9.17, 15) is 8.78 Å². The SMILES string of the molecule is CC(N)c1ccccc1OCC(F)F. The first-order valence-corrected chi connectivity index (χ1v) is 4.36. The number of halogens is 2. The topological polar surface area (TPSA) is 35.2 Å². The summed E-state index contributed by atoms with van der Waals surface area (Å²) < 4.78 is 28.7. The van der Waals surface area contributed by atoms with Crippen molar-refractivity contribution < 1.29 is 13.5 Å². The molecule has 14 heavy (non-hydrogen) atoms. The van der Waals surface area contributed by atoms with Crippen molar-refractivity contribution in [1.82, 2.24) is 0 Å². The maximum absolute atomic E-state index is 11.9. The summed E-state index contributed by atoms with van der Waals surface area (Å²) in [5.74, 6) is 0.433. The average molecular weight is 201 g/mol. The summed E-state index contributed by atoms with van der Waals surface area (Å²) in [6.07, 6.45) is -2.46. The lowest BCUT2D eigenvalue weighted by Gasteiger charge is -2.13. The van der Waals surface area contributed by atoms with Crippen LogP contribution < -0.4 is 10.5 Å². The number of benzene rings is 1. The molecular formula is C10H13F2NO. The molecule has 0 heterocycles. The molecular weight excluding hydrogens is 188 g/mol. The average Bonchev–Trinajstić information content (AvgIpc) is 2.15. The van der Waals surface area contributed by atoms with E-state index in [2.05, 4.69) is 0 Å². The van der Waals surface area contributed by atoms with Gasteiger partial charge in [0.1, 0.15) is 12.4 Å². The van der Waals surface area contributed by atoms with Gasteiger partial charge in [0.2, 0.25) is 0 Å². The minimum absolute atomic E-state index is 0.219. The monoisotopic (exact) mass is 201 g/mol. The molecule has 4 heteroatoms. The Labute approximate surface area is 81.7 Å². The molecule has 1 aromatic carbocycles. The maximum Gasteiger partial charge on any atom is 0.272 e. The highest BCUT2D eigenvalue weighted by Crippen LogP contribution is 2.23. The Balaban J connectivity index is 2.74. The highest BCUT2D eigenvalue weighted by atomic mass is 19.3. The van der Waals surface area contributed by atoms with E-state index in [0.717, 1.165) is 5.56 Å². The Kier molecular flexibility index (Phi) is 3.83. The van der Waals surface area contributed by atoms with Gasteiger partial charge in [-0.05, 0) is 13.0 Å². The number of rotatable bonds is 4. The van der Waals surface area contributed by atoms with Crippen molar-refractivity contribution in [3.8, 4) is 5.75 Å². The van der Waals surface area contributed by atoms with Crippen molar-refractivity contribution in [3.05, 3.63) is 29.8 Å². The number of alkyl halides is 2. The van der Waals surface area contributed by atoms with Gasteiger partial charge in [-0.3, -0.25) is 0 Å². The molecule has 0 saturated carbocycles. The second-order valence-electron chi connectivity index (χ2n) is 3.03. The molecule has 0 radical (unpaired) electrons. The zero-order valence-electron chi connectivity index (χ0n) is 7.91. The van der Waals surface area contributed by atoms with Crippen LogP contribution in [-0.2, 0) is 0 Å². The van der Waals surface area contributed by atoms with Gasteiger partial charge in [-0.25, -0.2) is 8.78 Å². The Bertz CT molecular complexity index is 289. The smallest absolute Gasteiger partial charge is 0.272 e. The van der Waals surface area contributed by atoms with Crippen molar-refractivity contribution in [3.63, 3.8) is 0 Å². The van der Waals surface area contributed by atoms with Crippen LogP contribution in [0.2, 0.25) is 0 Å². The molecule has 2 nitrogen and oxygen atoms in total. The zero-order chi connectivity index (χ0) is 10.6. The van der Waals surface area contributed by atoms with Gasteiger partial charge < -0.3 is 10.5 Å². The predicted octanol–water partition coefficient (Wildman–Crippen LogP) is 2.35.